The molecule has 1 aliphatic carbocycles. The maximum absolute atomic E-state index is 13.2. The summed E-state index contributed by atoms with van der Waals surface area (Å²) in [6.07, 6.45) is 0. The first-order chi connectivity index (χ1) is 12.6. The van der Waals surface area contributed by atoms with Crippen LogP contribution in [0.25, 0.3) is 0 Å². The fourth-order valence-electron chi connectivity index (χ4n) is 3.49. The predicted molar refractivity (Wildman–Crippen MR) is 100.0 cm³/mol. The van der Waals surface area contributed by atoms with Crippen LogP contribution in [0.15, 0.2) is 42.5 Å². The summed E-state index contributed by atoms with van der Waals surface area (Å²) in [5.74, 6) is -1.87. The van der Waals surface area contributed by atoms with E-state index in [9.17, 15) is 14.0 Å². The van der Waals surface area contributed by atoms with E-state index < -0.39 is 30.1 Å². The van der Waals surface area contributed by atoms with Crippen molar-refractivity contribution in [2.45, 2.75) is 44.8 Å². The van der Waals surface area contributed by atoms with Gasteiger partial charge in [0.2, 0.25) is 0 Å². The Morgan fingerprint density at radius 1 is 0.852 bits per heavy atom. The van der Waals surface area contributed by atoms with Crippen LogP contribution < -0.4 is 5.46 Å². The molecule has 2 aromatic rings. The summed E-state index contributed by atoms with van der Waals surface area (Å²) in [7, 11) is -0.604. The molecule has 2 aromatic carbocycles. The Hall–Kier alpha value is -2.31. The fraction of sp³-hybridized carbons (Fsp3) is 0.333. The molecular weight excluding hydrogens is 346 g/mol. The number of ketones is 2. The maximum Gasteiger partial charge on any atom is 0.494 e. The van der Waals surface area contributed by atoms with Gasteiger partial charge >= 0.3 is 7.12 Å². The molecule has 0 amide bonds. The summed E-state index contributed by atoms with van der Waals surface area (Å²) in [5.41, 5.74) is 0.963. The zero-order valence-corrected chi connectivity index (χ0v) is 15.7. The minimum absolute atomic E-state index is 0.262. The van der Waals surface area contributed by atoms with E-state index in [0.29, 0.717) is 22.2 Å². The van der Waals surface area contributed by atoms with Gasteiger partial charge in [0.05, 0.1) is 11.2 Å². The molecule has 0 aromatic heterocycles. The minimum atomic E-state index is -0.922. The van der Waals surface area contributed by atoms with Gasteiger partial charge in [-0.25, -0.2) is 4.39 Å². The summed E-state index contributed by atoms with van der Waals surface area (Å²) >= 11 is 0. The molecule has 138 valence electrons. The highest BCUT2D eigenvalue weighted by Gasteiger charge is 2.52. The van der Waals surface area contributed by atoms with Crippen LogP contribution in [0.5, 0.6) is 0 Å². The van der Waals surface area contributed by atoms with Gasteiger partial charge < -0.3 is 9.31 Å². The van der Waals surface area contributed by atoms with Crippen molar-refractivity contribution in [3.05, 3.63) is 65.0 Å². The average molecular weight is 366 g/mol. The molecular formula is C21H20BFO4. The lowest BCUT2D eigenvalue weighted by Crippen LogP contribution is -2.41. The zero-order chi connectivity index (χ0) is 19.6. The smallest absolute Gasteiger partial charge is 0.399 e. The number of benzene rings is 2. The van der Waals surface area contributed by atoms with Gasteiger partial charge in [0, 0.05) is 11.1 Å². The van der Waals surface area contributed by atoms with Crippen molar-refractivity contribution >= 4 is 24.1 Å². The van der Waals surface area contributed by atoms with Crippen LogP contribution in [0, 0.1) is 5.82 Å². The molecule has 4 nitrogen and oxygen atoms in total. The number of hydrogen-bond donors (Lipinski definition) is 0. The highest BCUT2D eigenvalue weighted by atomic mass is 19.1. The second-order valence-corrected chi connectivity index (χ2v) is 8.11. The van der Waals surface area contributed by atoms with E-state index in [1.807, 2.05) is 27.7 Å². The van der Waals surface area contributed by atoms with E-state index in [1.54, 1.807) is 18.2 Å². The van der Waals surface area contributed by atoms with Gasteiger partial charge in [-0.3, -0.25) is 9.59 Å². The van der Waals surface area contributed by atoms with E-state index >= 15 is 0 Å². The van der Waals surface area contributed by atoms with E-state index in [2.05, 4.69) is 0 Å². The molecule has 0 radical (unpaired) electrons. The first kappa shape index (κ1) is 18.1. The summed E-state index contributed by atoms with van der Waals surface area (Å²) in [6, 6.07) is 10.6. The molecule has 0 bridgehead atoms. The average Bonchev–Trinajstić information content (AvgIpc) is 2.98. The molecule has 1 unspecified atom stereocenters. The van der Waals surface area contributed by atoms with Crippen molar-refractivity contribution in [3.63, 3.8) is 0 Å². The third kappa shape index (κ3) is 2.75. The molecule has 2 aliphatic rings. The molecule has 1 aliphatic heterocycles. The molecule has 0 saturated carbocycles. The molecule has 0 spiro atoms. The highest BCUT2D eigenvalue weighted by Crippen LogP contribution is 2.38. The van der Waals surface area contributed by atoms with Crippen molar-refractivity contribution in [2.75, 3.05) is 0 Å². The Labute approximate surface area is 157 Å². The van der Waals surface area contributed by atoms with Crippen molar-refractivity contribution in [1.29, 1.82) is 0 Å². The van der Waals surface area contributed by atoms with Crippen molar-refractivity contribution in [2.24, 2.45) is 0 Å². The number of rotatable bonds is 2. The van der Waals surface area contributed by atoms with Crippen LogP contribution in [-0.4, -0.2) is 29.9 Å². The van der Waals surface area contributed by atoms with Crippen LogP contribution in [0.3, 0.4) is 0 Å². The molecule has 1 saturated heterocycles. The second kappa shape index (κ2) is 5.84. The zero-order valence-electron chi connectivity index (χ0n) is 15.7. The molecule has 6 heteroatoms. The lowest BCUT2D eigenvalue weighted by Gasteiger charge is -2.32. The molecule has 0 N–H and O–H groups in total. The Morgan fingerprint density at radius 3 is 2.00 bits per heavy atom. The number of Topliss-reactive ketones (excluding diaryl/α,β-unsaturated/α-hetero) is 2. The van der Waals surface area contributed by atoms with Crippen LogP contribution in [0.2, 0.25) is 0 Å². The van der Waals surface area contributed by atoms with Gasteiger partial charge in [-0.15, -0.1) is 0 Å². The summed E-state index contributed by atoms with van der Waals surface area (Å²) in [6.45, 7) is 7.83. The first-order valence-corrected chi connectivity index (χ1v) is 8.94. The number of carbonyl (C=O) groups excluding carboxylic acids is 2. The standard InChI is InChI=1S/C21H20BFO4/c1-20(2)21(3,4)27-22(26-20)13-7-10-15-16(11-13)19(25)17(18(15)24)12-5-8-14(23)9-6-12/h5-11,17H,1-4H3. The van der Waals surface area contributed by atoms with E-state index in [0.717, 1.165) is 0 Å². The molecule has 1 atom stereocenters. The number of carbonyl (C=O) groups is 2. The van der Waals surface area contributed by atoms with Gasteiger partial charge in [0.15, 0.2) is 11.6 Å². The monoisotopic (exact) mass is 366 g/mol. The Bertz CT molecular complexity index is 933. The third-order valence-electron chi connectivity index (χ3n) is 5.83. The lowest BCUT2D eigenvalue weighted by atomic mass is 9.78. The molecule has 1 heterocycles. The highest BCUT2D eigenvalue weighted by molar-refractivity contribution is 6.62. The summed E-state index contributed by atoms with van der Waals surface area (Å²) in [5, 5.41) is 0. The van der Waals surface area contributed by atoms with Crippen LogP contribution in [0.1, 0.15) is 59.9 Å². The normalized spacial score (nSPS) is 23.0. The van der Waals surface area contributed by atoms with Gasteiger partial charge in [0.25, 0.3) is 0 Å². The first-order valence-electron chi connectivity index (χ1n) is 8.94. The minimum Gasteiger partial charge on any atom is -0.399 e. The van der Waals surface area contributed by atoms with E-state index in [1.165, 1.54) is 24.3 Å². The van der Waals surface area contributed by atoms with Gasteiger partial charge in [-0.05, 0) is 50.9 Å². The molecule has 1 fully saturated rings. The van der Waals surface area contributed by atoms with E-state index in [4.69, 9.17) is 9.31 Å². The predicted octanol–water partition coefficient (Wildman–Crippen LogP) is 3.29. The number of halogens is 1. The van der Waals surface area contributed by atoms with Gasteiger partial charge in [-0.1, -0.05) is 30.3 Å². The third-order valence-corrected chi connectivity index (χ3v) is 5.83. The molecule has 27 heavy (non-hydrogen) atoms. The van der Waals surface area contributed by atoms with Gasteiger partial charge in [0.1, 0.15) is 11.7 Å². The Kier molecular flexibility index (Phi) is 3.91. The Morgan fingerprint density at radius 2 is 1.41 bits per heavy atom. The van der Waals surface area contributed by atoms with Gasteiger partial charge in [-0.2, -0.15) is 0 Å². The second-order valence-electron chi connectivity index (χ2n) is 8.11. The fourth-order valence-corrected chi connectivity index (χ4v) is 3.49. The van der Waals surface area contributed by atoms with Crippen molar-refractivity contribution in [1.82, 2.24) is 0 Å². The SMILES string of the molecule is CC1(C)OB(c2ccc3c(c2)C(=O)C(c2ccc(F)cc2)C3=O)OC1(C)C. The largest absolute Gasteiger partial charge is 0.494 e. The van der Waals surface area contributed by atoms with Crippen LogP contribution in [0.4, 0.5) is 4.39 Å². The van der Waals surface area contributed by atoms with Crippen LogP contribution >= 0.6 is 0 Å². The number of fused-ring (bicyclic) bond motifs is 1. The quantitative estimate of drug-likeness (QED) is 0.605. The van der Waals surface area contributed by atoms with Crippen molar-refractivity contribution < 1.29 is 23.3 Å². The van der Waals surface area contributed by atoms with Crippen molar-refractivity contribution in [3.8, 4) is 0 Å². The van der Waals surface area contributed by atoms with Crippen LogP contribution in [-0.2, 0) is 9.31 Å². The Balaban J connectivity index is 1.68. The molecule has 4 rings (SSSR count). The maximum atomic E-state index is 13.2. The topological polar surface area (TPSA) is 52.6 Å². The summed E-state index contributed by atoms with van der Waals surface area (Å²) in [4.78, 5) is 25.7. The lowest BCUT2D eigenvalue weighted by molar-refractivity contribution is 0.00578. The number of hydrogen-bond acceptors (Lipinski definition) is 4. The summed E-state index contributed by atoms with van der Waals surface area (Å²) < 4.78 is 25.3. The van der Waals surface area contributed by atoms with E-state index in [-0.39, 0.29) is 11.6 Å².